The van der Waals surface area contributed by atoms with Crippen LogP contribution in [-0.2, 0) is 11.4 Å². The van der Waals surface area contributed by atoms with Gasteiger partial charge in [0.25, 0.3) is 11.1 Å². The van der Waals surface area contributed by atoms with Gasteiger partial charge in [0.15, 0.2) is 5.75 Å². The summed E-state index contributed by atoms with van der Waals surface area (Å²) in [5.74, 6) is -1.25. The number of hydrogen-bond donors (Lipinski definition) is 1. The van der Waals surface area contributed by atoms with Crippen LogP contribution in [0.3, 0.4) is 0 Å². The van der Waals surface area contributed by atoms with Gasteiger partial charge in [-0.05, 0) is 71.4 Å². The van der Waals surface area contributed by atoms with Crippen LogP contribution in [0.15, 0.2) is 65.6 Å². The number of benzene rings is 3. The maximum absolute atomic E-state index is 12.8. The highest BCUT2D eigenvalue weighted by molar-refractivity contribution is 8.19. The fourth-order valence-corrected chi connectivity index (χ4v) is 4.80. The first-order chi connectivity index (χ1) is 16.2. The van der Waals surface area contributed by atoms with Crippen LogP contribution in [0.1, 0.15) is 21.5 Å². The number of thioether (sulfide) groups is 1. The van der Waals surface area contributed by atoms with E-state index in [-0.39, 0.29) is 32.9 Å². The molecule has 0 unspecified atom stereocenters. The summed E-state index contributed by atoms with van der Waals surface area (Å²) in [6.07, 6.45) is 1.53. The summed E-state index contributed by atoms with van der Waals surface area (Å²) in [5.41, 5.74) is 1.80. The van der Waals surface area contributed by atoms with Gasteiger partial charge in [-0.3, -0.25) is 9.59 Å². The lowest BCUT2D eigenvalue weighted by Crippen LogP contribution is -2.27. The first-order valence-corrected chi connectivity index (χ1v) is 11.7. The molecule has 10 heteroatoms. The maximum Gasteiger partial charge on any atom is 0.335 e. The molecular formula is C24H14Cl3NO5S. The van der Waals surface area contributed by atoms with Gasteiger partial charge in [0.05, 0.1) is 26.2 Å². The van der Waals surface area contributed by atoms with E-state index in [0.29, 0.717) is 16.3 Å². The summed E-state index contributed by atoms with van der Waals surface area (Å²) in [6.45, 7) is 0.122. The van der Waals surface area contributed by atoms with E-state index in [9.17, 15) is 14.4 Å². The number of carboxylic acid groups (broad SMARTS) is 1. The van der Waals surface area contributed by atoms with Gasteiger partial charge in [0.1, 0.15) is 6.61 Å². The van der Waals surface area contributed by atoms with Crippen LogP contribution in [0, 0.1) is 0 Å². The topological polar surface area (TPSA) is 83.9 Å². The molecule has 1 saturated heterocycles. The van der Waals surface area contributed by atoms with Crippen molar-refractivity contribution in [2.24, 2.45) is 0 Å². The zero-order valence-electron chi connectivity index (χ0n) is 17.1. The van der Waals surface area contributed by atoms with Crippen molar-refractivity contribution in [1.82, 2.24) is 0 Å². The third kappa shape index (κ3) is 5.23. The highest BCUT2D eigenvalue weighted by Gasteiger charge is 2.36. The van der Waals surface area contributed by atoms with Crippen LogP contribution in [0.4, 0.5) is 10.5 Å². The molecule has 0 saturated carbocycles. The van der Waals surface area contributed by atoms with Gasteiger partial charge >= 0.3 is 5.97 Å². The van der Waals surface area contributed by atoms with E-state index < -0.39 is 17.1 Å². The number of aromatic carboxylic acids is 1. The number of carboxylic acids is 1. The molecule has 0 aliphatic carbocycles. The van der Waals surface area contributed by atoms with Crippen molar-refractivity contribution in [3.8, 4) is 5.75 Å². The average Bonchev–Trinajstić information content (AvgIpc) is 3.06. The van der Waals surface area contributed by atoms with Gasteiger partial charge in [-0.25, -0.2) is 9.69 Å². The monoisotopic (exact) mass is 533 g/mol. The quantitative estimate of drug-likeness (QED) is 0.338. The van der Waals surface area contributed by atoms with E-state index in [2.05, 4.69) is 0 Å². The van der Waals surface area contributed by atoms with Crippen molar-refractivity contribution in [3.63, 3.8) is 0 Å². The summed E-state index contributed by atoms with van der Waals surface area (Å²) in [4.78, 5) is 37.5. The fraction of sp³-hybridized carbons (Fsp3) is 0.0417. The Labute approximate surface area is 213 Å². The van der Waals surface area contributed by atoms with Crippen molar-refractivity contribution >= 4 is 75.4 Å². The second kappa shape index (κ2) is 10.1. The molecule has 1 heterocycles. The van der Waals surface area contributed by atoms with Gasteiger partial charge in [-0.1, -0.05) is 53.0 Å². The van der Waals surface area contributed by atoms with E-state index in [1.807, 2.05) is 0 Å². The summed E-state index contributed by atoms with van der Waals surface area (Å²) in [6, 6.07) is 15.8. The summed E-state index contributed by atoms with van der Waals surface area (Å²) in [7, 11) is 0. The second-order valence-corrected chi connectivity index (χ2v) is 9.35. The third-order valence-corrected chi connectivity index (χ3v) is 6.43. The van der Waals surface area contributed by atoms with Crippen LogP contribution in [0.5, 0.6) is 5.75 Å². The Hall–Kier alpha value is -2.97. The van der Waals surface area contributed by atoms with E-state index in [1.54, 1.807) is 42.5 Å². The summed E-state index contributed by atoms with van der Waals surface area (Å²) in [5, 5.41) is 9.38. The van der Waals surface area contributed by atoms with Gasteiger partial charge in [0.2, 0.25) is 0 Å². The van der Waals surface area contributed by atoms with E-state index in [4.69, 9.17) is 44.6 Å². The van der Waals surface area contributed by atoms with Gasteiger partial charge in [-0.15, -0.1) is 0 Å². The van der Waals surface area contributed by atoms with Gasteiger partial charge in [0, 0.05) is 5.02 Å². The molecule has 4 rings (SSSR count). The molecule has 34 heavy (non-hydrogen) atoms. The highest BCUT2D eigenvalue weighted by Crippen LogP contribution is 2.39. The predicted octanol–water partition coefficient (Wildman–Crippen LogP) is 7.16. The Kier molecular flexibility index (Phi) is 7.19. The van der Waals surface area contributed by atoms with Crippen molar-refractivity contribution in [2.45, 2.75) is 6.61 Å². The number of imide groups is 1. The second-order valence-electron chi connectivity index (χ2n) is 7.10. The number of hydrogen-bond acceptors (Lipinski definition) is 5. The Bertz CT molecular complexity index is 1320. The molecule has 172 valence electrons. The standard InChI is InChI=1S/C24H14Cl3NO5S/c25-16-2-1-3-17(11-16)28-22(29)20(34-24(28)32)10-14-8-18(26)21(19(27)9-14)33-12-13-4-6-15(7-5-13)23(30)31/h1-11H,12H2,(H,30,31)/b20-10+. The number of anilines is 1. The number of carbonyl (C=O) groups excluding carboxylic acids is 2. The smallest absolute Gasteiger partial charge is 0.335 e. The molecule has 1 aliphatic rings. The molecule has 0 aromatic heterocycles. The predicted molar refractivity (Wildman–Crippen MR) is 134 cm³/mol. The molecule has 0 spiro atoms. The Balaban J connectivity index is 1.52. The van der Waals surface area contributed by atoms with Crippen molar-refractivity contribution in [1.29, 1.82) is 0 Å². The molecule has 1 aliphatic heterocycles. The van der Waals surface area contributed by atoms with Gasteiger partial charge in [-0.2, -0.15) is 0 Å². The minimum Gasteiger partial charge on any atom is -0.486 e. The highest BCUT2D eigenvalue weighted by atomic mass is 35.5. The summed E-state index contributed by atoms with van der Waals surface area (Å²) >= 11 is 19.5. The molecule has 0 bridgehead atoms. The number of nitrogens with zero attached hydrogens (tertiary/aromatic N) is 1. The van der Waals surface area contributed by atoms with Crippen molar-refractivity contribution in [2.75, 3.05) is 4.90 Å². The number of ether oxygens (including phenoxy) is 1. The summed E-state index contributed by atoms with van der Waals surface area (Å²) < 4.78 is 5.72. The lowest BCUT2D eigenvalue weighted by atomic mass is 10.1. The molecule has 3 aromatic rings. The minimum atomic E-state index is -1.01. The third-order valence-electron chi connectivity index (χ3n) is 4.76. The number of amides is 2. The molecule has 0 radical (unpaired) electrons. The number of carbonyl (C=O) groups is 3. The largest absolute Gasteiger partial charge is 0.486 e. The SMILES string of the molecule is O=C(O)c1ccc(COc2c(Cl)cc(/C=C3/SC(=O)N(c4cccc(Cl)c4)C3=O)cc2Cl)cc1. The lowest BCUT2D eigenvalue weighted by molar-refractivity contribution is -0.113. The molecule has 0 atom stereocenters. The number of rotatable bonds is 6. The van der Waals surface area contributed by atoms with E-state index >= 15 is 0 Å². The van der Waals surface area contributed by atoms with Gasteiger partial charge < -0.3 is 9.84 Å². The zero-order chi connectivity index (χ0) is 24.4. The maximum atomic E-state index is 12.8. The average molecular weight is 535 g/mol. The van der Waals surface area contributed by atoms with Crippen LogP contribution in [0.2, 0.25) is 15.1 Å². The molecule has 2 amide bonds. The first kappa shape index (κ1) is 24.2. The molecule has 1 fully saturated rings. The van der Waals surface area contributed by atoms with Crippen LogP contribution < -0.4 is 9.64 Å². The minimum absolute atomic E-state index is 0.122. The first-order valence-electron chi connectivity index (χ1n) is 9.70. The normalized spacial score (nSPS) is 14.7. The van der Waals surface area contributed by atoms with E-state index in [0.717, 1.165) is 22.2 Å². The van der Waals surface area contributed by atoms with E-state index in [1.165, 1.54) is 24.3 Å². The van der Waals surface area contributed by atoms with Crippen molar-refractivity contribution in [3.05, 3.63) is 97.3 Å². The number of halogens is 3. The Morgan fingerprint density at radius 1 is 1.00 bits per heavy atom. The molecule has 6 nitrogen and oxygen atoms in total. The zero-order valence-corrected chi connectivity index (χ0v) is 20.2. The Morgan fingerprint density at radius 3 is 2.29 bits per heavy atom. The van der Waals surface area contributed by atoms with Crippen LogP contribution >= 0.6 is 46.6 Å². The molecule has 3 aromatic carbocycles. The lowest BCUT2D eigenvalue weighted by Gasteiger charge is -2.12. The van der Waals surface area contributed by atoms with Crippen molar-refractivity contribution < 1.29 is 24.2 Å². The van der Waals surface area contributed by atoms with Crippen LogP contribution in [0.25, 0.3) is 6.08 Å². The fourth-order valence-electron chi connectivity index (χ4n) is 3.16. The molecule has 1 N–H and O–H groups in total. The molecular weight excluding hydrogens is 521 g/mol. The van der Waals surface area contributed by atoms with Crippen LogP contribution in [-0.4, -0.2) is 22.2 Å². The Morgan fingerprint density at radius 2 is 1.68 bits per heavy atom.